The fourth-order valence-corrected chi connectivity index (χ4v) is 2.28. The summed E-state index contributed by atoms with van der Waals surface area (Å²) in [7, 11) is 1.81. The highest BCUT2D eigenvalue weighted by Crippen LogP contribution is 2.24. The predicted molar refractivity (Wildman–Crippen MR) is 68.1 cm³/mol. The summed E-state index contributed by atoms with van der Waals surface area (Å²) in [4.78, 5) is 16.1. The Morgan fingerprint density at radius 1 is 1.41 bits per heavy atom. The number of amides is 1. The minimum Gasteiger partial charge on any atom is -0.373 e. The number of anilines is 1. The number of nitrogens with zero attached hydrogens (tertiary/aromatic N) is 1. The number of aromatic nitrogens is 1. The second-order valence-electron chi connectivity index (χ2n) is 4.77. The first-order valence-corrected chi connectivity index (χ1v) is 6.13. The normalized spacial score (nSPS) is 23.4. The van der Waals surface area contributed by atoms with Crippen LogP contribution in [0.2, 0.25) is 0 Å². The first-order chi connectivity index (χ1) is 8.19. The number of carbonyl (C=O) groups is 1. The maximum atomic E-state index is 11.9. The third kappa shape index (κ3) is 2.96. The van der Waals surface area contributed by atoms with Crippen molar-refractivity contribution in [3.05, 3.63) is 23.9 Å². The molecule has 17 heavy (non-hydrogen) atoms. The SMILES string of the molecule is CNc1ccc(C(=O)NC2CCC(C)C2)cn1. The van der Waals surface area contributed by atoms with Crippen molar-refractivity contribution < 1.29 is 4.79 Å². The van der Waals surface area contributed by atoms with E-state index in [0.29, 0.717) is 11.6 Å². The highest BCUT2D eigenvalue weighted by atomic mass is 16.1. The molecule has 1 fully saturated rings. The van der Waals surface area contributed by atoms with Crippen molar-refractivity contribution in [3.63, 3.8) is 0 Å². The van der Waals surface area contributed by atoms with Crippen LogP contribution in [-0.4, -0.2) is 24.0 Å². The molecule has 1 amide bonds. The fraction of sp³-hybridized carbons (Fsp3) is 0.538. The van der Waals surface area contributed by atoms with Crippen molar-refractivity contribution in [1.82, 2.24) is 10.3 Å². The van der Waals surface area contributed by atoms with Crippen LogP contribution in [0.5, 0.6) is 0 Å². The summed E-state index contributed by atoms with van der Waals surface area (Å²) in [5, 5.41) is 5.99. The summed E-state index contributed by atoms with van der Waals surface area (Å²) >= 11 is 0. The van der Waals surface area contributed by atoms with E-state index < -0.39 is 0 Å². The molecular weight excluding hydrogens is 214 g/mol. The minimum atomic E-state index is -0.0146. The van der Waals surface area contributed by atoms with Gasteiger partial charge in [-0.2, -0.15) is 0 Å². The van der Waals surface area contributed by atoms with Gasteiger partial charge in [-0.1, -0.05) is 6.92 Å². The van der Waals surface area contributed by atoms with Crippen molar-refractivity contribution in [3.8, 4) is 0 Å². The predicted octanol–water partition coefficient (Wildman–Crippen LogP) is 2.04. The Labute approximate surface area is 102 Å². The lowest BCUT2D eigenvalue weighted by molar-refractivity contribution is 0.0937. The molecule has 92 valence electrons. The Balaban J connectivity index is 1.94. The second kappa shape index (κ2) is 5.17. The molecule has 4 nitrogen and oxygen atoms in total. The molecule has 1 aliphatic rings. The quantitative estimate of drug-likeness (QED) is 0.840. The van der Waals surface area contributed by atoms with Crippen molar-refractivity contribution in [2.24, 2.45) is 5.92 Å². The van der Waals surface area contributed by atoms with Crippen LogP contribution in [0.15, 0.2) is 18.3 Å². The van der Waals surface area contributed by atoms with Crippen LogP contribution in [0.4, 0.5) is 5.82 Å². The van der Waals surface area contributed by atoms with Gasteiger partial charge >= 0.3 is 0 Å². The summed E-state index contributed by atoms with van der Waals surface area (Å²) in [6.45, 7) is 2.23. The zero-order chi connectivity index (χ0) is 12.3. The van der Waals surface area contributed by atoms with Gasteiger partial charge in [-0.3, -0.25) is 4.79 Å². The number of carbonyl (C=O) groups excluding carboxylic acids is 1. The molecule has 0 radical (unpaired) electrons. The van der Waals surface area contributed by atoms with Crippen LogP contribution >= 0.6 is 0 Å². The average Bonchev–Trinajstić information content (AvgIpc) is 2.75. The van der Waals surface area contributed by atoms with E-state index in [9.17, 15) is 4.79 Å². The molecule has 2 atom stereocenters. The van der Waals surface area contributed by atoms with Crippen molar-refractivity contribution in [1.29, 1.82) is 0 Å². The molecule has 1 aliphatic carbocycles. The van der Waals surface area contributed by atoms with Gasteiger partial charge in [0.1, 0.15) is 5.82 Å². The summed E-state index contributed by atoms with van der Waals surface area (Å²) in [6, 6.07) is 3.94. The van der Waals surface area contributed by atoms with Gasteiger partial charge in [0, 0.05) is 19.3 Å². The number of rotatable bonds is 3. The van der Waals surface area contributed by atoms with E-state index in [0.717, 1.165) is 24.6 Å². The molecule has 0 aliphatic heterocycles. The zero-order valence-corrected chi connectivity index (χ0v) is 10.4. The molecule has 1 aromatic rings. The van der Waals surface area contributed by atoms with Gasteiger partial charge in [-0.15, -0.1) is 0 Å². The maximum absolute atomic E-state index is 11.9. The van der Waals surface area contributed by atoms with E-state index in [1.165, 1.54) is 6.42 Å². The molecule has 2 N–H and O–H groups in total. The minimum absolute atomic E-state index is 0.0146. The first-order valence-electron chi connectivity index (χ1n) is 6.13. The fourth-order valence-electron chi connectivity index (χ4n) is 2.28. The molecule has 0 saturated heterocycles. The van der Waals surface area contributed by atoms with Crippen molar-refractivity contribution >= 4 is 11.7 Å². The molecule has 1 saturated carbocycles. The number of nitrogens with one attached hydrogen (secondary N) is 2. The van der Waals surface area contributed by atoms with Gasteiger partial charge in [-0.05, 0) is 37.3 Å². The average molecular weight is 233 g/mol. The van der Waals surface area contributed by atoms with Crippen LogP contribution in [0.25, 0.3) is 0 Å². The number of pyridine rings is 1. The number of hydrogen-bond acceptors (Lipinski definition) is 3. The standard InChI is InChI=1S/C13H19N3O/c1-9-3-5-11(7-9)16-13(17)10-4-6-12(14-2)15-8-10/h4,6,8-9,11H,3,5,7H2,1-2H3,(H,14,15)(H,16,17). The topological polar surface area (TPSA) is 54.0 Å². The molecule has 0 aromatic carbocycles. The van der Waals surface area contributed by atoms with Gasteiger partial charge < -0.3 is 10.6 Å². The Kier molecular flexibility index (Phi) is 3.61. The monoisotopic (exact) mass is 233 g/mol. The lowest BCUT2D eigenvalue weighted by Gasteiger charge is -2.12. The summed E-state index contributed by atoms with van der Waals surface area (Å²) in [5.41, 5.74) is 0.628. The molecule has 2 unspecified atom stereocenters. The summed E-state index contributed by atoms with van der Waals surface area (Å²) < 4.78 is 0. The third-order valence-corrected chi connectivity index (χ3v) is 3.31. The van der Waals surface area contributed by atoms with Gasteiger partial charge in [-0.25, -0.2) is 4.98 Å². The Bertz CT molecular complexity index is 388. The second-order valence-corrected chi connectivity index (χ2v) is 4.77. The van der Waals surface area contributed by atoms with Gasteiger partial charge in [0.15, 0.2) is 0 Å². The lowest BCUT2D eigenvalue weighted by atomic mass is 10.1. The highest BCUT2D eigenvalue weighted by molar-refractivity contribution is 5.94. The summed E-state index contributed by atoms with van der Waals surface area (Å²) in [6.07, 6.45) is 5.00. The van der Waals surface area contributed by atoms with Crippen LogP contribution in [0, 0.1) is 5.92 Å². The van der Waals surface area contributed by atoms with Gasteiger partial charge in [0.05, 0.1) is 5.56 Å². The van der Waals surface area contributed by atoms with Crippen LogP contribution in [-0.2, 0) is 0 Å². The van der Waals surface area contributed by atoms with Gasteiger partial charge in [0.2, 0.25) is 0 Å². The summed E-state index contributed by atoms with van der Waals surface area (Å²) in [5.74, 6) is 1.49. The van der Waals surface area contributed by atoms with Crippen LogP contribution in [0.3, 0.4) is 0 Å². The van der Waals surface area contributed by atoms with E-state index >= 15 is 0 Å². The lowest BCUT2D eigenvalue weighted by Crippen LogP contribution is -2.32. The highest BCUT2D eigenvalue weighted by Gasteiger charge is 2.23. The van der Waals surface area contributed by atoms with Gasteiger partial charge in [0.25, 0.3) is 5.91 Å². The van der Waals surface area contributed by atoms with E-state index in [1.54, 1.807) is 12.3 Å². The largest absolute Gasteiger partial charge is 0.373 e. The van der Waals surface area contributed by atoms with Crippen molar-refractivity contribution in [2.75, 3.05) is 12.4 Å². The molecule has 0 bridgehead atoms. The molecule has 1 aromatic heterocycles. The van der Waals surface area contributed by atoms with E-state index in [4.69, 9.17) is 0 Å². The first kappa shape index (κ1) is 11.9. The molecule has 0 spiro atoms. The zero-order valence-electron chi connectivity index (χ0n) is 10.4. The van der Waals surface area contributed by atoms with E-state index in [2.05, 4.69) is 22.5 Å². The third-order valence-electron chi connectivity index (χ3n) is 3.31. The molecule has 2 rings (SSSR count). The van der Waals surface area contributed by atoms with Crippen LogP contribution in [0.1, 0.15) is 36.5 Å². The van der Waals surface area contributed by atoms with Crippen LogP contribution < -0.4 is 10.6 Å². The smallest absolute Gasteiger partial charge is 0.253 e. The van der Waals surface area contributed by atoms with E-state index in [1.807, 2.05) is 13.1 Å². The Hall–Kier alpha value is -1.58. The number of hydrogen-bond donors (Lipinski definition) is 2. The Morgan fingerprint density at radius 3 is 2.76 bits per heavy atom. The molecule has 4 heteroatoms. The molecular formula is C13H19N3O. The Morgan fingerprint density at radius 2 is 2.24 bits per heavy atom. The van der Waals surface area contributed by atoms with E-state index in [-0.39, 0.29) is 5.91 Å². The maximum Gasteiger partial charge on any atom is 0.253 e. The van der Waals surface area contributed by atoms with Crippen molar-refractivity contribution in [2.45, 2.75) is 32.2 Å². The molecule has 1 heterocycles.